The van der Waals surface area contributed by atoms with Gasteiger partial charge in [0.25, 0.3) is 0 Å². The maximum absolute atomic E-state index is 5.56. The molecular weight excluding hydrogens is 132 g/mol. The second-order valence-corrected chi connectivity index (χ2v) is 2.32. The summed E-state index contributed by atoms with van der Waals surface area (Å²) in [6.07, 6.45) is 0. The molecule has 0 aromatic rings. The molecule has 0 saturated carbocycles. The fourth-order valence-electron chi connectivity index (χ4n) is 0.507. The molecule has 0 saturated heterocycles. The van der Waals surface area contributed by atoms with Crippen molar-refractivity contribution in [1.82, 2.24) is 5.06 Å². The van der Waals surface area contributed by atoms with E-state index in [2.05, 4.69) is 0 Å². The Bertz CT molecular complexity index is 78.1. The van der Waals surface area contributed by atoms with Gasteiger partial charge >= 0.3 is 0 Å². The Kier molecular flexibility index (Phi) is 5.52. The molecule has 0 fully saturated rings. The van der Waals surface area contributed by atoms with Crippen LogP contribution in [0.25, 0.3) is 0 Å². The highest BCUT2D eigenvalue weighted by Crippen LogP contribution is 1.84. The summed E-state index contributed by atoms with van der Waals surface area (Å²) < 4.78 is 4.81. The number of hydrogen-bond donors (Lipinski definition) is 1. The van der Waals surface area contributed by atoms with Gasteiger partial charge in [0, 0.05) is 21.2 Å². The average molecular weight is 148 g/mol. The van der Waals surface area contributed by atoms with Crippen LogP contribution in [0.3, 0.4) is 0 Å². The van der Waals surface area contributed by atoms with E-state index in [0.29, 0.717) is 13.2 Å². The minimum absolute atomic E-state index is 0.0348. The van der Waals surface area contributed by atoms with Crippen LogP contribution in [0.1, 0.15) is 0 Å². The van der Waals surface area contributed by atoms with Crippen molar-refractivity contribution in [2.75, 3.05) is 34.4 Å². The lowest BCUT2D eigenvalue weighted by Crippen LogP contribution is -2.33. The predicted octanol–water partition coefficient (Wildman–Crippen LogP) is -0.547. The first-order valence-electron chi connectivity index (χ1n) is 3.21. The molecule has 0 aromatic heterocycles. The summed E-state index contributed by atoms with van der Waals surface area (Å²) in [4.78, 5) is 5.08. The first-order valence-corrected chi connectivity index (χ1v) is 3.21. The Morgan fingerprint density at radius 1 is 1.40 bits per heavy atom. The van der Waals surface area contributed by atoms with E-state index < -0.39 is 0 Å². The second-order valence-electron chi connectivity index (χ2n) is 2.32. The lowest BCUT2D eigenvalue weighted by Gasteiger charge is -2.14. The molecule has 1 atom stereocenters. The molecule has 0 amide bonds. The third-order valence-electron chi connectivity index (χ3n) is 0.928. The topological polar surface area (TPSA) is 47.7 Å². The van der Waals surface area contributed by atoms with E-state index in [0.717, 1.165) is 0 Å². The minimum atomic E-state index is -0.0348. The molecule has 0 radical (unpaired) electrons. The summed E-state index contributed by atoms with van der Waals surface area (Å²) >= 11 is 0. The van der Waals surface area contributed by atoms with Gasteiger partial charge in [-0.05, 0) is 0 Å². The van der Waals surface area contributed by atoms with E-state index in [1.165, 1.54) is 0 Å². The summed E-state index contributed by atoms with van der Waals surface area (Å²) in [6, 6.07) is -0.0348. The highest BCUT2D eigenvalue weighted by Gasteiger charge is 2.01. The van der Waals surface area contributed by atoms with Crippen LogP contribution in [0.4, 0.5) is 0 Å². The van der Waals surface area contributed by atoms with Crippen molar-refractivity contribution < 1.29 is 9.57 Å². The smallest absolute Gasteiger partial charge is 0.0858 e. The van der Waals surface area contributed by atoms with Crippen LogP contribution in [0.5, 0.6) is 0 Å². The van der Waals surface area contributed by atoms with E-state index in [1.807, 2.05) is 14.1 Å². The number of hydrogen-bond acceptors (Lipinski definition) is 4. The molecule has 0 aromatic carbocycles. The largest absolute Gasteiger partial charge is 0.383 e. The lowest BCUT2D eigenvalue weighted by atomic mass is 10.4. The minimum Gasteiger partial charge on any atom is -0.383 e. The van der Waals surface area contributed by atoms with Crippen LogP contribution in [-0.2, 0) is 9.57 Å². The Balaban J connectivity index is 3.12. The van der Waals surface area contributed by atoms with Gasteiger partial charge in [-0.25, -0.2) is 0 Å². The molecule has 4 nitrogen and oxygen atoms in total. The van der Waals surface area contributed by atoms with Crippen molar-refractivity contribution in [2.24, 2.45) is 5.73 Å². The number of ether oxygens (including phenoxy) is 1. The number of nitrogens with zero attached hydrogens (tertiary/aromatic N) is 1. The van der Waals surface area contributed by atoms with Crippen LogP contribution in [-0.4, -0.2) is 45.5 Å². The molecular formula is C6H16N2O2. The Morgan fingerprint density at radius 3 is 2.40 bits per heavy atom. The Labute approximate surface area is 61.8 Å². The standard InChI is InChI=1S/C6H16N2O2/c1-8(2)10-5-6(7)4-9-3/h6H,4-5,7H2,1-3H3/t6-/m0/s1. The highest BCUT2D eigenvalue weighted by molar-refractivity contribution is 4.55. The fraction of sp³-hybridized carbons (Fsp3) is 1.00. The van der Waals surface area contributed by atoms with Crippen LogP contribution >= 0.6 is 0 Å². The molecule has 0 spiro atoms. The molecule has 0 bridgehead atoms. The molecule has 2 N–H and O–H groups in total. The molecule has 0 unspecified atom stereocenters. The monoisotopic (exact) mass is 148 g/mol. The summed E-state index contributed by atoms with van der Waals surface area (Å²) in [6.45, 7) is 1.04. The number of hydroxylamine groups is 2. The molecule has 0 heterocycles. The van der Waals surface area contributed by atoms with Crippen molar-refractivity contribution in [3.8, 4) is 0 Å². The van der Waals surface area contributed by atoms with Gasteiger partial charge in [-0.3, -0.25) is 4.84 Å². The lowest BCUT2D eigenvalue weighted by molar-refractivity contribution is -0.127. The quantitative estimate of drug-likeness (QED) is 0.532. The van der Waals surface area contributed by atoms with Crippen molar-refractivity contribution in [1.29, 1.82) is 0 Å². The van der Waals surface area contributed by atoms with Gasteiger partial charge in [-0.15, -0.1) is 0 Å². The van der Waals surface area contributed by atoms with E-state index in [-0.39, 0.29) is 6.04 Å². The van der Waals surface area contributed by atoms with Crippen molar-refractivity contribution in [3.63, 3.8) is 0 Å². The van der Waals surface area contributed by atoms with Crippen LogP contribution in [0, 0.1) is 0 Å². The SMILES string of the molecule is COC[C@H](N)CON(C)C. The van der Waals surface area contributed by atoms with Crippen LogP contribution < -0.4 is 5.73 Å². The van der Waals surface area contributed by atoms with Crippen molar-refractivity contribution in [3.05, 3.63) is 0 Å². The highest BCUT2D eigenvalue weighted by atomic mass is 16.7. The normalized spacial score (nSPS) is 14.1. The predicted molar refractivity (Wildman–Crippen MR) is 39.5 cm³/mol. The fourth-order valence-corrected chi connectivity index (χ4v) is 0.507. The van der Waals surface area contributed by atoms with Crippen LogP contribution in [0.2, 0.25) is 0 Å². The molecule has 62 valence electrons. The van der Waals surface area contributed by atoms with E-state index in [9.17, 15) is 0 Å². The molecule has 0 aliphatic carbocycles. The van der Waals surface area contributed by atoms with Crippen molar-refractivity contribution in [2.45, 2.75) is 6.04 Å². The van der Waals surface area contributed by atoms with Gasteiger partial charge in [0.1, 0.15) is 0 Å². The maximum Gasteiger partial charge on any atom is 0.0858 e. The number of nitrogens with two attached hydrogens (primary N) is 1. The molecule has 4 heteroatoms. The maximum atomic E-state index is 5.56. The summed E-state index contributed by atoms with van der Waals surface area (Å²) in [5.74, 6) is 0. The van der Waals surface area contributed by atoms with Gasteiger partial charge in [0.05, 0.1) is 19.3 Å². The Morgan fingerprint density at radius 2 is 2.00 bits per heavy atom. The van der Waals surface area contributed by atoms with Crippen molar-refractivity contribution >= 4 is 0 Å². The molecule has 0 aliphatic rings. The van der Waals surface area contributed by atoms with Gasteiger partial charge in [-0.1, -0.05) is 0 Å². The molecule has 10 heavy (non-hydrogen) atoms. The third-order valence-corrected chi connectivity index (χ3v) is 0.928. The van der Waals surface area contributed by atoms with Crippen LogP contribution in [0.15, 0.2) is 0 Å². The molecule has 0 aliphatic heterocycles. The molecule has 0 rings (SSSR count). The zero-order valence-corrected chi connectivity index (χ0v) is 6.83. The second kappa shape index (κ2) is 5.61. The zero-order valence-electron chi connectivity index (χ0n) is 6.83. The summed E-state index contributed by atoms with van der Waals surface area (Å²) in [5.41, 5.74) is 5.56. The van der Waals surface area contributed by atoms with Gasteiger partial charge in [0.15, 0.2) is 0 Å². The van der Waals surface area contributed by atoms with Gasteiger partial charge < -0.3 is 10.5 Å². The number of methoxy groups -OCH3 is 1. The average Bonchev–Trinajstić information content (AvgIpc) is 1.85. The van der Waals surface area contributed by atoms with E-state index in [4.69, 9.17) is 15.3 Å². The summed E-state index contributed by atoms with van der Waals surface area (Å²) in [7, 11) is 5.26. The first kappa shape index (κ1) is 9.84. The van der Waals surface area contributed by atoms with Gasteiger partial charge in [0.2, 0.25) is 0 Å². The third kappa shape index (κ3) is 5.97. The first-order chi connectivity index (χ1) is 4.66. The number of rotatable bonds is 5. The van der Waals surface area contributed by atoms with E-state index in [1.54, 1.807) is 12.2 Å². The zero-order chi connectivity index (χ0) is 7.98. The van der Waals surface area contributed by atoms with E-state index >= 15 is 0 Å². The summed E-state index contributed by atoms with van der Waals surface area (Å²) in [5, 5.41) is 1.62. The Hall–Kier alpha value is -0.160. The van der Waals surface area contributed by atoms with Gasteiger partial charge in [-0.2, -0.15) is 5.06 Å².